The molecule has 1 aromatic heterocycles. The van der Waals surface area contributed by atoms with Crippen LogP contribution in [0.1, 0.15) is 43.7 Å². The lowest BCUT2D eigenvalue weighted by molar-refractivity contribution is -0.126. The lowest BCUT2D eigenvalue weighted by Gasteiger charge is -2.22. The van der Waals surface area contributed by atoms with Crippen molar-refractivity contribution in [2.75, 3.05) is 6.54 Å². The second kappa shape index (κ2) is 7.37. The number of aromatic nitrogens is 1. The van der Waals surface area contributed by atoms with E-state index in [9.17, 15) is 4.79 Å². The molecule has 0 atom stereocenters. The Morgan fingerprint density at radius 1 is 1.30 bits per heavy atom. The Bertz CT molecular complexity index is 674. The fourth-order valence-electron chi connectivity index (χ4n) is 3.50. The van der Waals surface area contributed by atoms with Crippen LogP contribution in [0.4, 0.5) is 0 Å². The molecule has 4 N–H and O–H groups in total. The van der Waals surface area contributed by atoms with E-state index in [0.29, 0.717) is 6.54 Å². The Balaban J connectivity index is 0.00000192. The Morgan fingerprint density at radius 2 is 2.04 bits per heavy atom. The smallest absolute Gasteiger partial charge is 0.240 e. The van der Waals surface area contributed by atoms with Gasteiger partial charge in [0.1, 0.15) is 0 Å². The largest absolute Gasteiger partial charge is 0.361 e. The minimum absolute atomic E-state index is 0. The fourth-order valence-corrected chi connectivity index (χ4v) is 3.50. The molecule has 0 unspecified atom stereocenters. The molecular weight excluding hydrogens is 310 g/mol. The Kier molecular flexibility index (Phi) is 5.71. The van der Waals surface area contributed by atoms with Gasteiger partial charge >= 0.3 is 0 Å². The molecule has 0 spiro atoms. The number of rotatable bonds is 5. The van der Waals surface area contributed by atoms with Crippen molar-refractivity contribution >= 4 is 29.2 Å². The number of aromatic amines is 1. The highest BCUT2D eigenvalue weighted by molar-refractivity contribution is 5.87. The van der Waals surface area contributed by atoms with Gasteiger partial charge in [-0.1, -0.05) is 38.0 Å². The highest BCUT2D eigenvalue weighted by atomic mass is 35.5. The van der Waals surface area contributed by atoms with Crippen molar-refractivity contribution in [1.82, 2.24) is 10.3 Å². The number of halogens is 1. The zero-order valence-corrected chi connectivity index (χ0v) is 14.5. The monoisotopic (exact) mass is 335 g/mol. The summed E-state index contributed by atoms with van der Waals surface area (Å²) in [7, 11) is 0. The second-order valence-electron chi connectivity index (χ2n) is 6.38. The second-order valence-corrected chi connectivity index (χ2v) is 6.38. The predicted molar refractivity (Wildman–Crippen MR) is 97.0 cm³/mol. The van der Waals surface area contributed by atoms with Gasteiger partial charge in [0, 0.05) is 23.6 Å². The van der Waals surface area contributed by atoms with E-state index >= 15 is 0 Å². The minimum Gasteiger partial charge on any atom is -0.361 e. The van der Waals surface area contributed by atoms with Crippen LogP contribution in [-0.2, 0) is 17.6 Å². The van der Waals surface area contributed by atoms with Crippen molar-refractivity contribution in [3.8, 4) is 0 Å². The van der Waals surface area contributed by atoms with Gasteiger partial charge < -0.3 is 16.0 Å². The van der Waals surface area contributed by atoms with Crippen LogP contribution in [0.25, 0.3) is 10.9 Å². The molecule has 1 aliphatic rings. The van der Waals surface area contributed by atoms with Crippen molar-refractivity contribution in [2.24, 2.45) is 5.73 Å². The molecule has 0 aliphatic heterocycles. The Morgan fingerprint density at radius 3 is 2.74 bits per heavy atom. The van der Waals surface area contributed by atoms with Crippen molar-refractivity contribution < 1.29 is 4.79 Å². The van der Waals surface area contributed by atoms with Crippen LogP contribution in [0.15, 0.2) is 24.4 Å². The zero-order chi connectivity index (χ0) is 15.6. The third-order valence-corrected chi connectivity index (χ3v) is 4.90. The molecular formula is C18H26ClN3O. The maximum absolute atomic E-state index is 12.2. The molecule has 126 valence electrons. The molecule has 0 radical (unpaired) electrons. The zero-order valence-electron chi connectivity index (χ0n) is 13.7. The highest BCUT2D eigenvalue weighted by Crippen LogP contribution is 2.27. The van der Waals surface area contributed by atoms with Crippen LogP contribution in [-0.4, -0.2) is 23.0 Å². The molecule has 1 aliphatic carbocycles. The number of aryl methyl sites for hydroxylation is 1. The first kappa shape index (κ1) is 17.8. The molecule has 1 amide bonds. The van der Waals surface area contributed by atoms with E-state index in [4.69, 9.17) is 5.73 Å². The van der Waals surface area contributed by atoms with Gasteiger partial charge in [0.25, 0.3) is 0 Å². The highest BCUT2D eigenvalue weighted by Gasteiger charge is 2.36. The number of hydrogen-bond donors (Lipinski definition) is 3. The lowest BCUT2D eigenvalue weighted by atomic mass is 9.98. The van der Waals surface area contributed by atoms with Crippen LogP contribution >= 0.6 is 12.4 Å². The van der Waals surface area contributed by atoms with Gasteiger partial charge in [-0.15, -0.1) is 12.4 Å². The van der Waals surface area contributed by atoms with Crippen LogP contribution in [0.3, 0.4) is 0 Å². The first-order valence-corrected chi connectivity index (χ1v) is 8.29. The number of hydrogen-bond acceptors (Lipinski definition) is 2. The van der Waals surface area contributed by atoms with Crippen LogP contribution in [0.2, 0.25) is 0 Å². The number of fused-ring (bicyclic) bond motifs is 1. The molecule has 1 heterocycles. The Labute approximate surface area is 143 Å². The molecule has 0 saturated heterocycles. The summed E-state index contributed by atoms with van der Waals surface area (Å²) in [6.07, 6.45) is 7.65. The van der Waals surface area contributed by atoms with Gasteiger partial charge in [-0.05, 0) is 36.8 Å². The average Bonchev–Trinajstić information content (AvgIpc) is 3.14. The molecule has 1 aromatic carbocycles. The molecule has 1 saturated carbocycles. The van der Waals surface area contributed by atoms with Gasteiger partial charge in [0.15, 0.2) is 0 Å². The van der Waals surface area contributed by atoms with E-state index in [1.54, 1.807) is 0 Å². The van der Waals surface area contributed by atoms with Crippen molar-refractivity contribution in [1.29, 1.82) is 0 Å². The summed E-state index contributed by atoms with van der Waals surface area (Å²) in [6, 6.07) is 6.40. The first-order valence-electron chi connectivity index (χ1n) is 8.29. The van der Waals surface area contributed by atoms with E-state index < -0.39 is 5.54 Å². The summed E-state index contributed by atoms with van der Waals surface area (Å²) in [5, 5.41) is 4.28. The van der Waals surface area contributed by atoms with E-state index in [2.05, 4.69) is 41.6 Å². The molecule has 1 fully saturated rings. The summed E-state index contributed by atoms with van der Waals surface area (Å²) in [6.45, 7) is 2.80. The standard InChI is InChI=1S/C18H25N3O.ClH/c1-2-13-6-5-7-15-14(12-21-16(13)15)8-11-20-17(22)18(19)9-3-4-10-18;/h5-7,12,21H,2-4,8-11,19H2,1H3,(H,20,22);1H. The third-order valence-electron chi connectivity index (χ3n) is 4.90. The molecule has 23 heavy (non-hydrogen) atoms. The van der Waals surface area contributed by atoms with Gasteiger partial charge in [0.05, 0.1) is 5.54 Å². The van der Waals surface area contributed by atoms with E-state index in [1.807, 2.05) is 0 Å². The SMILES string of the molecule is CCc1cccc2c(CCNC(=O)C3(N)CCCC3)c[nH]c12.Cl. The van der Waals surface area contributed by atoms with Gasteiger partial charge in [-0.2, -0.15) is 0 Å². The maximum atomic E-state index is 12.2. The number of nitrogens with two attached hydrogens (primary N) is 1. The topological polar surface area (TPSA) is 70.9 Å². The number of para-hydroxylation sites is 1. The summed E-state index contributed by atoms with van der Waals surface area (Å²) in [5.41, 5.74) is 9.35. The number of benzene rings is 1. The number of amides is 1. The lowest BCUT2D eigenvalue weighted by Crippen LogP contribution is -2.52. The van der Waals surface area contributed by atoms with Crippen molar-refractivity contribution in [3.63, 3.8) is 0 Å². The summed E-state index contributed by atoms with van der Waals surface area (Å²) in [5.74, 6) is 0.0130. The minimum atomic E-state index is -0.629. The molecule has 2 aromatic rings. The van der Waals surface area contributed by atoms with E-state index in [0.717, 1.165) is 38.5 Å². The van der Waals surface area contributed by atoms with E-state index in [-0.39, 0.29) is 18.3 Å². The van der Waals surface area contributed by atoms with E-state index in [1.165, 1.54) is 22.0 Å². The third kappa shape index (κ3) is 3.54. The van der Waals surface area contributed by atoms with Crippen LogP contribution < -0.4 is 11.1 Å². The number of nitrogens with one attached hydrogen (secondary N) is 2. The molecule has 3 rings (SSSR count). The summed E-state index contributed by atoms with van der Waals surface area (Å²) in [4.78, 5) is 15.6. The van der Waals surface area contributed by atoms with Gasteiger partial charge in [-0.3, -0.25) is 4.79 Å². The number of H-pyrrole nitrogens is 1. The molecule has 5 heteroatoms. The fraction of sp³-hybridized carbons (Fsp3) is 0.500. The summed E-state index contributed by atoms with van der Waals surface area (Å²) < 4.78 is 0. The van der Waals surface area contributed by atoms with Crippen LogP contribution in [0.5, 0.6) is 0 Å². The maximum Gasteiger partial charge on any atom is 0.240 e. The molecule has 0 bridgehead atoms. The molecule has 4 nitrogen and oxygen atoms in total. The summed E-state index contributed by atoms with van der Waals surface area (Å²) >= 11 is 0. The van der Waals surface area contributed by atoms with Crippen molar-refractivity contribution in [2.45, 2.75) is 51.0 Å². The van der Waals surface area contributed by atoms with Gasteiger partial charge in [-0.25, -0.2) is 0 Å². The van der Waals surface area contributed by atoms with Crippen molar-refractivity contribution in [3.05, 3.63) is 35.5 Å². The quantitative estimate of drug-likeness (QED) is 0.785. The number of carbonyl (C=O) groups is 1. The number of carbonyl (C=O) groups excluding carboxylic acids is 1. The van der Waals surface area contributed by atoms with Gasteiger partial charge in [0.2, 0.25) is 5.91 Å². The normalized spacial score (nSPS) is 16.3. The first-order chi connectivity index (χ1) is 10.6. The van der Waals surface area contributed by atoms with Crippen LogP contribution in [0, 0.1) is 0 Å². The Hall–Kier alpha value is -1.52. The average molecular weight is 336 g/mol. The predicted octanol–water partition coefficient (Wildman–Crippen LogP) is 3.08.